The van der Waals surface area contributed by atoms with Gasteiger partial charge in [0.2, 0.25) is 0 Å². The zero-order valence-corrected chi connectivity index (χ0v) is 10.3. The van der Waals surface area contributed by atoms with Crippen LogP contribution in [0, 0.1) is 0 Å². The molecule has 0 saturated heterocycles. The molecule has 0 fully saturated rings. The molecule has 0 aliphatic heterocycles. The summed E-state index contributed by atoms with van der Waals surface area (Å²) in [6.45, 7) is 4.52. The molecule has 0 spiro atoms. The molecule has 4 nitrogen and oxygen atoms in total. The third-order valence-corrected chi connectivity index (χ3v) is 5.28. The minimum atomic E-state index is -3.54. The summed E-state index contributed by atoms with van der Waals surface area (Å²) in [5.74, 6) is 0. The number of benzene rings is 1. The quantitative estimate of drug-likeness (QED) is 0.500. The standard InChI is InChI=1S/C11H15NO3S/c1-9(12-13)11(2,3)16(14,15)10-7-5-4-6-8-10/h4-8,13H,1-3H3. The molecule has 0 radical (unpaired) electrons. The summed E-state index contributed by atoms with van der Waals surface area (Å²) in [6, 6.07) is 8.13. The molecule has 16 heavy (non-hydrogen) atoms. The van der Waals surface area contributed by atoms with Gasteiger partial charge in [0.25, 0.3) is 0 Å². The van der Waals surface area contributed by atoms with E-state index >= 15 is 0 Å². The maximum atomic E-state index is 12.3. The van der Waals surface area contributed by atoms with Gasteiger partial charge in [-0.2, -0.15) is 0 Å². The summed E-state index contributed by atoms with van der Waals surface area (Å²) < 4.78 is 23.3. The van der Waals surface area contributed by atoms with Crippen molar-refractivity contribution in [2.45, 2.75) is 30.4 Å². The van der Waals surface area contributed by atoms with Crippen molar-refractivity contribution in [3.8, 4) is 0 Å². The van der Waals surface area contributed by atoms with Crippen molar-refractivity contribution >= 4 is 15.5 Å². The molecule has 0 unspecified atom stereocenters. The Hall–Kier alpha value is -1.36. The normalized spacial score (nSPS) is 13.8. The molecule has 0 aliphatic carbocycles. The first-order chi connectivity index (χ1) is 7.34. The van der Waals surface area contributed by atoms with Crippen molar-refractivity contribution in [3.63, 3.8) is 0 Å². The number of hydrogen-bond acceptors (Lipinski definition) is 4. The molecule has 1 aromatic carbocycles. The first-order valence-corrected chi connectivity index (χ1v) is 6.31. The monoisotopic (exact) mass is 241 g/mol. The Balaban J connectivity index is 3.34. The van der Waals surface area contributed by atoms with Crippen LogP contribution in [0.5, 0.6) is 0 Å². The maximum absolute atomic E-state index is 12.3. The van der Waals surface area contributed by atoms with Gasteiger partial charge in [-0.3, -0.25) is 0 Å². The summed E-state index contributed by atoms with van der Waals surface area (Å²) in [7, 11) is -3.54. The van der Waals surface area contributed by atoms with Gasteiger partial charge in [-0.15, -0.1) is 0 Å². The fraction of sp³-hybridized carbons (Fsp3) is 0.364. The van der Waals surface area contributed by atoms with E-state index in [9.17, 15) is 8.42 Å². The minimum absolute atomic E-state index is 0.163. The highest BCUT2D eigenvalue weighted by Crippen LogP contribution is 2.26. The molecule has 0 aromatic heterocycles. The summed E-state index contributed by atoms with van der Waals surface area (Å²) in [4.78, 5) is 0.225. The predicted molar refractivity (Wildman–Crippen MR) is 62.6 cm³/mol. The van der Waals surface area contributed by atoms with E-state index in [2.05, 4.69) is 5.16 Å². The fourth-order valence-electron chi connectivity index (χ4n) is 1.21. The molecule has 5 heteroatoms. The second kappa shape index (κ2) is 4.25. The molecule has 0 bridgehead atoms. The summed E-state index contributed by atoms with van der Waals surface area (Å²) in [5.41, 5.74) is 0.163. The largest absolute Gasteiger partial charge is 0.411 e. The lowest BCUT2D eigenvalue weighted by Gasteiger charge is -2.23. The molecule has 1 aromatic rings. The lowest BCUT2D eigenvalue weighted by Crippen LogP contribution is -2.39. The summed E-state index contributed by atoms with van der Waals surface area (Å²) >= 11 is 0. The van der Waals surface area contributed by atoms with Crippen molar-refractivity contribution < 1.29 is 13.6 Å². The minimum Gasteiger partial charge on any atom is -0.411 e. The number of nitrogens with zero attached hydrogens (tertiary/aromatic N) is 1. The number of hydrogen-bond donors (Lipinski definition) is 1. The molecule has 0 heterocycles. The van der Waals surface area contributed by atoms with E-state index in [0.29, 0.717) is 0 Å². The number of oxime groups is 1. The lowest BCUT2D eigenvalue weighted by molar-refractivity contribution is 0.316. The Bertz CT molecular complexity index is 489. The highest BCUT2D eigenvalue weighted by Gasteiger charge is 2.38. The molecule has 1 rings (SSSR count). The van der Waals surface area contributed by atoms with Crippen LogP contribution >= 0.6 is 0 Å². The van der Waals surface area contributed by atoms with Crippen molar-refractivity contribution in [2.24, 2.45) is 5.16 Å². The Morgan fingerprint density at radius 1 is 1.25 bits per heavy atom. The van der Waals surface area contributed by atoms with Crippen LogP contribution in [0.1, 0.15) is 20.8 Å². The summed E-state index contributed by atoms with van der Waals surface area (Å²) in [5, 5.41) is 11.7. The van der Waals surface area contributed by atoms with Gasteiger partial charge >= 0.3 is 0 Å². The molecule has 0 saturated carbocycles. The van der Waals surface area contributed by atoms with Crippen molar-refractivity contribution in [1.29, 1.82) is 0 Å². The van der Waals surface area contributed by atoms with Crippen LogP contribution in [0.3, 0.4) is 0 Å². The Labute approximate surface area is 95.5 Å². The van der Waals surface area contributed by atoms with E-state index in [4.69, 9.17) is 5.21 Å². The van der Waals surface area contributed by atoms with Gasteiger partial charge in [-0.05, 0) is 32.9 Å². The zero-order chi connectivity index (χ0) is 12.4. The van der Waals surface area contributed by atoms with Crippen LogP contribution in [-0.2, 0) is 9.84 Å². The van der Waals surface area contributed by atoms with E-state index in [1.54, 1.807) is 18.2 Å². The number of sulfone groups is 1. The zero-order valence-electron chi connectivity index (χ0n) is 9.51. The molecule has 0 amide bonds. The van der Waals surface area contributed by atoms with Gasteiger partial charge in [-0.1, -0.05) is 23.4 Å². The van der Waals surface area contributed by atoms with Crippen LogP contribution < -0.4 is 0 Å². The van der Waals surface area contributed by atoms with Crippen LogP contribution in [0.25, 0.3) is 0 Å². The average molecular weight is 241 g/mol. The molecule has 0 aliphatic rings. The van der Waals surface area contributed by atoms with E-state index < -0.39 is 14.6 Å². The summed E-state index contributed by atoms with van der Waals surface area (Å²) in [6.07, 6.45) is 0. The van der Waals surface area contributed by atoms with E-state index in [-0.39, 0.29) is 10.6 Å². The first kappa shape index (κ1) is 12.7. The Kier molecular flexibility index (Phi) is 3.38. The van der Waals surface area contributed by atoms with Crippen molar-refractivity contribution in [1.82, 2.24) is 0 Å². The van der Waals surface area contributed by atoms with Gasteiger partial charge < -0.3 is 5.21 Å². The van der Waals surface area contributed by atoms with Crippen molar-refractivity contribution in [3.05, 3.63) is 30.3 Å². The third kappa shape index (κ3) is 1.95. The smallest absolute Gasteiger partial charge is 0.188 e. The van der Waals surface area contributed by atoms with E-state index in [1.165, 1.54) is 32.9 Å². The fourth-order valence-corrected chi connectivity index (χ4v) is 2.74. The van der Waals surface area contributed by atoms with Crippen LogP contribution in [-0.4, -0.2) is 24.1 Å². The predicted octanol–water partition coefficient (Wildman–Crippen LogP) is 2.09. The van der Waals surface area contributed by atoms with Crippen molar-refractivity contribution in [2.75, 3.05) is 0 Å². The average Bonchev–Trinajstić information content (AvgIpc) is 2.28. The van der Waals surface area contributed by atoms with Crippen LogP contribution in [0.4, 0.5) is 0 Å². The highest BCUT2D eigenvalue weighted by molar-refractivity contribution is 7.93. The second-order valence-electron chi connectivity index (χ2n) is 4.01. The highest BCUT2D eigenvalue weighted by atomic mass is 32.2. The van der Waals surface area contributed by atoms with Gasteiger partial charge in [0.05, 0.1) is 10.6 Å². The molecular formula is C11H15NO3S. The second-order valence-corrected chi connectivity index (χ2v) is 6.51. The van der Waals surface area contributed by atoms with E-state index in [0.717, 1.165) is 0 Å². The molecule has 88 valence electrons. The molecule has 1 N–H and O–H groups in total. The Morgan fingerprint density at radius 3 is 2.19 bits per heavy atom. The topological polar surface area (TPSA) is 66.7 Å². The van der Waals surface area contributed by atoms with Gasteiger partial charge in [0.1, 0.15) is 4.75 Å². The third-order valence-electron chi connectivity index (χ3n) is 2.75. The SMILES string of the molecule is CC(=NO)C(C)(C)S(=O)(=O)c1ccccc1. The van der Waals surface area contributed by atoms with Gasteiger partial charge in [0, 0.05) is 0 Å². The first-order valence-electron chi connectivity index (χ1n) is 4.83. The van der Waals surface area contributed by atoms with Crippen LogP contribution in [0.2, 0.25) is 0 Å². The number of rotatable bonds is 3. The van der Waals surface area contributed by atoms with Crippen LogP contribution in [0.15, 0.2) is 40.4 Å². The van der Waals surface area contributed by atoms with Gasteiger partial charge in [0.15, 0.2) is 9.84 Å². The maximum Gasteiger partial charge on any atom is 0.188 e. The van der Waals surface area contributed by atoms with Gasteiger partial charge in [-0.25, -0.2) is 8.42 Å². The molecular weight excluding hydrogens is 226 g/mol. The Morgan fingerprint density at radius 2 is 1.75 bits per heavy atom. The lowest BCUT2D eigenvalue weighted by atomic mass is 10.1. The molecule has 0 atom stereocenters. The van der Waals surface area contributed by atoms with E-state index in [1.807, 2.05) is 0 Å².